The summed E-state index contributed by atoms with van der Waals surface area (Å²) in [6.45, 7) is 7.02. The molecule has 0 spiro atoms. The van der Waals surface area contributed by atoms with E-state index in [0.717, 1.165) is 36.7 Å². The lowest BCUT2D eigenvalue weighted by molar-refractivity contribution is 0.277. The molecule has 1 aromatic heterocycles. The minimum Gasteiger partial charge on any atom is -0.444 e. The number of nitrogens with two attached hydrogens (primary N) is 1. The Balaban J connectivity index is 1.53. The molecule has 0 radical (unpaired) electrons. The van der Waals surface area contributed by atoms with E-state index in [4.69, 9.17) is 10.2 Å². The van der Waals surface area contributed by atoms with Crippen LogP contribution in [0.2, 0.25) is 0 Å². The monoisotopic (exact) mass is 326 g/mol. The molecule has 0 atom stereocenters. The van der Waals surface area contributed by atoms with Crippen molar-refractivity contribution in [1.29, 1.82) is 0 Å². The Bertz CT molecular complexity index is 682. The number of hydrogen-bond donors (Lipinski definition) is 1. The molecule has 0 saturated carbocycles. The van der Waals surface area contributed by atoms with Gasteiger partial charge in [0.15, 0.2) is 5.96 Å². The van der Waals surface area contributed by atoms with Gasteiger partial charge in [-0.2, -0.15) is 0 Å². The van der Waals surface area contributed by atoms with Gasteiger partial charge in [-0.05, 0) is 37.8 Å². The molecule has 0 bridgehead atoms. The summed E-state index contributed by atoms with van der Waals surface area (Å²) in [6, 6.07) is 8.17. The van der Waals surface area contributed by atoms with Gasteiger partial charge >= 0.3 is 0 Å². The van der Waals surface area contributed by atoms with Gasteiger partial charge in [0.1, 0.15) is 6.26 Å². The molecule has 24 heavy (non-hydrogen) atoms. The Kier molecular flexibility index (Phi) is 5.18. The van der Waals surface area contributed by atoms with Crippen LogP contribution in [0.3, 0.4) is 0 Å². The van der Waals surface area contributed by atoms with Crippen LogP contribution in [-0.4, -0.2) is 35.5 Å². The van der Waals surface area contributed by atoms with Crippen LogP contribution in [0.4, 0.5) is 0 Å². The van der Waals surface area contributed by atoms with Crippen LogP contribution >= 0.6 is 0 Å². The average Bonchev–Trinajstić information content (AvgIpc) is 3.05. The zero-order valence-electron chi connectivity index (χ0n) is 14.5. The first-order valence-electron chi connectivity index (χ1n) is 8.68. The number of guanidine groups is 1. The van der Waals surface area contributed by atoms with E-state index in [1.165, 1.54) is 18.4 Å². The number of hydrogen-bond acceptors (Lipinski definition) is 3. The number of aliphatic imine (C=N–C) groups is 1. The topological polar surface area (TPSA) is 67.7 Å². The van der Waals surface area contributed by atoms with Crippen molar-refractivity contribution < 1.29 is 4.42 Å². The van der Waals surface area contributed by atoms with Gasteiger partial charge in [-0.15, -0.1) is 0 Å². The highest BCUT2D eigenvalue weighted by Crippen LogP contribution is 2.19. The molecule has 1 aliphatic rings. The number of aromatic nitrogens is 1. The predicted octanol–water partition coefficient (Wildman–Crippen LogP) is 3.24. The fourth-order valence-corrected chi connectivity index (χ4v) is 2.87. The second kappa shape index (κ2) is 7.51. The van der Waals surface area contributed by atoms with E-state index in [-0.39, 0.29) is 0 Å². The molecule has 1 aliphatic heterocycles. The highest BCUT2D eigenvalue weighted by Gasteiger charge is 2.16. The third-order valence-corrected chi connectivity index (χ3v) is 4.60. The van der Waals surface area contributed by atoms with E-state index in [0.29, 0.717) is 18.4 Å². The molecule has 1 fully saturated rings. The fraction of sp³-hybridized carbons (Fsp3) is 0.474. The standard InChI is InChI=1S/C19H26N4O/c1-14-3-5-16(6-4-14)18-22-17(13-24-18)7-10-21-19(20)23-11-8-15(2)9-12-23/h3-6,13,15H,7-12H2,1-2H3,(H2,20,21). The van der Waals surface area contributed by atoms with Crippen molar-refractivity contribution >= 4 is 5.96 Å². The lowest BCUT2D eigenvalue weighted by atomic mass is 10.00. The smallest absolute Gasteiger partial charge is 0.226 e. The zero-order chi connectivity index (χ0) is 16.9. The number of oxazole rings is 1. The average molecular weight is 326 g/mol. The zero-order valence-corrected chi connectivity index (χ0v) is 14.5. The van der Waals surface area contributed by atoms with Crippen molar-refractivity contribution in [3.8, 4) is 11.5 Å². The number of piperidine rings is 1. The Labute approximate surface area is 143 Å². The summed E-state index contributed by atoms with van der Waals surface area (Å²) < 4.78 is 5.57. The fourth-order valence-electron chi connectivity index (χ4n) is 2.87. The summed E-state index contributed by atoms with van der Waals surface area (Å²) in [4.78, 5) is 11.2. The molecule has 128 valence electrons. The summed E-state index contributed by atoms with van der Waals surface area (Å²) in [5, 5.41) is 0. The second-order valence-corrected chi connectivity index (χ2v) is 6.67. The van der Waals surface area contributed by atoms with Crippen LogP contribution in [0.25, 0.3) is 11.5 Å². The van der Waals surface area contributed by atoms with Gasteiger partial charge in [-0.25, -0.2) is 4.98 Å². The molecule has 0 amide bonds. The normalized spacial score (nSPS) is 16.6. The summed E-state index contributed by atoms with van der Waals surface area (Å²) >= 11 is 0. The van der Waals surface area contributed by atoms with E-state index in [1.807, 2.05) is 12.1 Å². The number of likely N-dealkylation sites (tertiary alicyclic amines) is 1. The molecular weight excluding hydrogens is 300 g/mol. The minimum absolute atomic E-state index is 0.637. The molecule has 0 unspecified atom stereocenters. The Morgan fingerprint density at radius 2 is 2.00 bits per heavy atom. The highest BCUT2D eigenvalue weighted by atomic mass is 16.3. The third-order valence-electron chi connectivity index (χ3n) is 4.60. The van der Waals surface area contributed by atoms with E-state index in [2.05, 4.69) is 40.9 Å². The maximum atomic E-state index is 6.10. The highest BCUT2D eigenvalue weighted by molar-refractivity contribution is 5.78. The van der Waals surface area contributed by atoms with Gasteiger partial charge in [-0.3, -0.25) is 4.99 Å². The Hall–Kier alpha value is -2.30. The van der Waals surface area contributed by atoms with Crippen LogP contribution in [-0.2, 0) is 6.42 Å². The Morgan fingerprint density at radius 1 is 1.29 bits per heavy atom. The lowest BCUT2D eigenvalue weighted by Gasteiger charge is -2.31. The van der Waals surface area contributed by atoms with Crippen LogP contribution < -0.4 is 5.73 Å². The quantitative estimate of drug-likeness (QED) is 0.692. The molecule has 3 rings (SSSR count). The van der Waals surface area contributed by atoms with Gasteiger partial charge in [-0.1, -0.05) is 24.6 Å². The molecular formula is C19H26N4O. The van der Waals surface area contributed by atoms with E-state index >= 15 is 0 Å². The predicted molar refractivity (Wildman–Crippen MR) is 96.8 cm³/mol. The maximum absolute atomic E-state index is 6.10. The first-order chi connectivity index (χ1) is 11.6. The van der Waals surface area contributed by atoms with E-state index in [9.17, 15) is 0 Å². The van der Waals surface area contributed by atoms with Gasteiger partial charge < -0.3 is 15.1 Å². The van der Waals surface area contributed by atoms with E-state index < -0.39 is 0 Å². The van der Waals surface area contributed by atoms with Crippen molar-refractivity contribution in [3.63, 3.8) is 0 Å². The molecule has 2 N–H and O–H groups in total. The van der Waals surface area contributed by atoms with Gasteiger partial charge in [0.05, 0.1) is 5.69 Å². The summed E-state index contributed by atoms with van der Waals surface area (Å²) in [7, 11) is 0. The maximum Gasteiger partial charge on any atom is 0.226 e. The SMILES string of the molecule is Cc1ccc(-c2nc(CCN=C(N)N3CCC(C)CC3)co2)cc1. The molecule has 0 aliphatic carbocycles. The molecule has 2 heterocycles. The first-order valence-corrected chi connectivity index (χ1v) is 8.68. The largest absolute Gasteiger partial charge is 0.444 e. The van der Waals surface area contributed by atoms with Crippen molar-refractivity contribution in [2.75, 3.05) is 19.6 Å². The molecule has 1 saturated heterocycles. The first kappa shape index (κ1) is 16.6. The van der Waals surface area contributed by atoms with Crippen molar-refractivity contribution in [3.05, 3.63) is 41.8 Å². The van der Waals surface area contributed by atoms with E-state index in [1.54, 1.807) is 6.26 Å². The van der Waals surface area contributed by atoms with Crippen LogP contribution in [0.1, 0.15) is 31.0 Å². The molecule has 1 aromatic carbocycles. The Morgan fingerprint density at radius 3 is 2.71 bits per heavy atom. The van der Waals surface area contributed by atoms with Crippen molar-refractivity contribution in [2.45, 2.75) is 33.1 Å². The summed E-state index contributed by atoms with van der Waals surface area (Å²) in [5.41, 5.74) is 9.23. The van der Waals surface area contributed by atoms with Crippen molar-refractivity contribution in [2.24, 2.45) is 16.6 Å². The van der Waals surface area contributed by atoms with Gasteiger partial charge in [0, 0.05) is 31.6 Å². The van der Waals surface area contributed by atoms with Crippen LogP contribution in [0, 0.1) is 12.8 Å². The lowest BCUT2D eigenvalue weighted by Crippen LogP contribution is -2.42. The summed E-state index contributed by atoms with van der Waals surface area (Å²) in [5.74, 6) is 2.11. The number of rotatable bonds is 4. The van der Waals surface area contributed by atoms with Gasteiger partial charge in [0.25, 0.3) is 0 Å². The summed E-state index contributed by atoms with van der Waals surface area (Å²) in [6.07, 6.45) is 4.84. The van der Waals surface area contributed by atoms with Crippen LogP contribution in [0.15, 0.2) is 39.9 Å². The molecule has 2 aromatic rings. The third kappa shape index (κ3) is 4.16. The van der Waals surface area contributed by atoms with Crippen molar-refractivity contribution in [1.82, 2.24) is 9.88 Å². The molecule has 5 nitrogen and oxygen atoms in total. The van der Waals surface area contributed by atoms with Crippen LogP contribution in [0.5, 0.6) is 0 Å². The van der Waals surface area contributed by atoms with Gasteiger partial charge in [0.2, 0.25) is 5.89 Å². The second-order valence-electron chi connectivity index (χ2n) is 6.67. The number of nitrogens with zero attached hydrogens (tertiary/aromatic N) is 3. The minimum atomic E-state index is 0.637. The number of benzene rings is 1. The molecule has 5 heteroatoms. The number of aryl methyl sites for hydroxylation is 1.